The van der Waals surface area contributed by atoms with Crippen molar-refractivity contribution in [3.63, 3.8) is 0 Å². The van der Waals surface area contributed by atoms with E-state index >= 15 is 0 Å². The summed E-state index contributed by atoms with van der Waals surface area (Å²) in [6.45, 7) is 1.95. The first-order valence-electron chi connectivity index (χ1n) is 13.4. The molecule has 1 aromatic heterocycles. The number of hydrogen-bond acceptors (Lipinski definition) is 6. The first-order valence-corrected chi connectivity index (χ1v) is 13.4. The van der Waals surface area contributed by atoms with Crippen molar-refractivity contribution in [1.29, 1.82) is 0 Å². The fourth-order valence-electron chi connectivity index (χ4n) is 4.99. The first-order chi connectivity index (χ1) is 19.5. The average Bonchev–Trinajstić information content (AvgIpc) is 3.43. The molecule has 1 aliphatic heterocycles. The number of carbonyl (C=O) groups excluding carboxylic acids is 1. The van der Waals surface area contributed by atoms with Gasteiger partial charge in [0.1, 0.15) is 11.7 Å². The predicted molar refractivity (Wildman–Crippen MR) is 150 cm³/mol. The number of fused-ring (bicyclic) bond motifs is 2. The van der Waals surface area contributed by atoms with Gasteiger partial charge in [-0.1, -0.05) is 68.3 Å². The lowest BCUT2D eigenvalue weighted by Gasteiger charge is -2.23. The summed E-state index contributed by atoms with van der Waals surface area (Å²) in [4.78, 5) is 44.4. The number of carboxylic acids is 1. The highest BCUT2D eigenvalue weighted by Gasteiger charge is 2.28. The van der Waals surface area contributed by atoms with Gasteiger partial charge >= 0.3 is 5.97 Å². The normalized spacial score (nSPS) is 13.6. The Hall–Kier alpha value is -4.66. The molecule has 4 aromatic rings. The van der Waals surface area contributed by atoms with Crippen LogP contribution in [0.25, 0.3) is 11.0 Å². The molecule has 2 atom stereocenters. The minimum absolute atomic E-state index is 0.0767. The van der Waals surface area contributed by atoms with Crippen LogP contribution >= 0.6 is 0 Å². The Morgan fingerprint density at radius 2 is 1.77 bits per heavy atom. The van der Waals surface area contributed by atoms with Crippen LogP contribution in [0.2, 0.25) is 0 Å². The number of unbranched alkanes of at least 4 members (excludes halogenated alkanes) is 1. The van der Waals surface area contributed by atoms with Crippen LogP contribution in [0.5, 0.6) is 11.5 Å². The number of aromatic nitrogens is 2. The number of nitrogens with zero attached hydrogens (tertiary/aromatic N) is 2. The smallest absolute Gasteiger partial charge is 0.312 e. The van der Waals surface area contributed by atoms with Gasteiger partial charge in [0, 0.05) is 13.0 Å². The molecule has 206 valence electrons. The van der Waals surface area contributed by atoms with Crippen LogP contribution in [-0.4, -0.2) is 39.9 Å². The van der Waals surface area contributed by atoms with Crippen molar-refractivity contribution < 1.29 is 24.2 Å². The summed E-state index contributed by atoms with van der Waals surface area (Å²) >= 11 is 0. The average molecular weight is 542 g/mol. The summed E-state index contributed by atoms with van der Waals surface area (Å²) in [5.41, 5.74) is 2.62. The number of nitrogens with one attached hydrogen (secondary N) is 1. The second-order valence-electron chi connectivity index (χ2n) is 9.79. The van der Waals surface area contributed by atoms with Gasteiger partial charge in [-0.25, -0.2) is 4.98 Å². The molecule has 0 saturated carbocycles. The minimum atomic E-state index is -1.08. The number of rotatable bonds is 11. The number of para-hydroxylation sites is 2. The fraction of sp³-hybridized carbons (Fsp3) is 0.290. The van der Waals surface area contributed by atoms with Gasteiger partial charge in [0.2, 0.25) is 12.7 Å². The van der Waals surface area contributed by atoms with Crippen LogP contribution in [0.3, 0.4) is 0 Å². The Labute approximate surface area is 231 Å². The SMILES string of the molecule is CCCCC(C(=O)NCC(C(=O)O)c1ccc2c(c1)OCO2)n1c(=O)c(Cc2ccccc2)nc2ccccc21. The minimum Gasteiger partial charge on any atom is -0.481 e. The molecule has 2 heterocycles. The van der Waals surface area contributed by atoms with Gasteiger partial charge in [0.05, 0.1) is 17.0 Å². The molecule has 1 amide bonds. The molecular weight excluding hydrogens is 510 g/mol. The molecule has 0 spiro atoms. The van der Waals surface area contributed by atoms with Crippen LogP contribution in [0, 0.1) is 0 Å². The Morgan fingerprint density at radius 3 is 2.55 bits per heavy atom. The summed E-state index contributed by atoms with van der Waals surface area (Å²) in [5, 5.41) is 12.8. The zero-order valence-electron chi connectivity index (χ0n) is 22.2. The molecule has 1 aliphatic rings. The van der Waals surface area contributed by atoms with Crippen molar-refractivity contribution in [3.05, 3.63) is 100.0 Å². The van der Waals surface area contributed by atoms with Crippen LogP contribution in [0.15, 0.2) is 77.6 Å². The molecule has 0 fully saturated rings. The molecule has 40 heavy (non-hydrogen) atoms. The van der Waals surface area contributed by atoms with Crippen molar-refractivity contribution in [2.24, 2.45) is 0 Å². The van der Waals surface area contributed by atoms with Crippen molar-refractivity contribution in [2.45, 2.75) is 44.6 Å². The third-order valence-electron chi connectivity index (χ3n) is 7.10. The fourth-order valence-corrected chi connectivity index (χ4v) is 4.99. The van der Waals surface area contributed by atoms with Crippen molar-refractivity contribution >= 4 is 22.9 Å². The van der Waals surface area contributed by atoms with E-state index in [1.54, 1.807) is 24.3 Å². The van der Waals surface area contributed by atoms with Gasteiger partial charge in [0.25, 0.3) is 5.56 Å². The Kier molecular flexibility index (Phi) is 8.10. The second kappa shape index (κ2) is 12.0. The van der Waals surface area contributed by atoms with E-state index in [-0.39, 0.29) is 18.9 Å². The Morgan fingerprint density at radius 1 is 1.02 bits per heavy atom. The number of carboxylic acid groups (broad SMARTS) is 1. The number of carbonyl (C=O) groups is 2. The molecule has 2 N–H and O–H groups in total. The van der Waals surface area contributed by atoms with Crippen LogP contribution in [0.1, 0.15) is 55.0 Å². The highest BCUT2D eigenvalue weighted by Crippen LogP contribution is 2.34. The van der Waals surface area contributed by atoms with Crippen molar-refractivity contribution in [2.75, 3.05) is 13.3 Å². The maximum absolute atomic E-state index is 13.9. The van der Waals surface area contributed by atoms with E-state index in [0.717, 1.165) is 12.0 Å². The molecule has 0 radical (unpaired) electrons. The maximum atomic E-state index is 13.9. The zero-order valence-corrected chi connectivity index (χ0v) is 22.2. The van der Waals surface area contributed by atoms with E-state index in [4.69, 9.17) is 9.47 Å². The van der Waals surface area contributed by atoms with Gasteiger partial charge in [0.15, 0.2) is 11.5 Å². The number of benzene rings is 3. The largest absolute Gasteiger partial charge is 0.481 e. The van der Waals surface area contributed by atoms with Gasteiger partial charge in [-0.05, 0) is 41.8 Å². The summed E-state index contributed by atoms with van der Waals surface area (Å²) in [5.74, 6) is -1.49. The van der Waals surface area contributed by atoms with E-state index in [0.29, 0.717) is 53.1 Å². The standard InChI is InChI=1S/C31H31N3O6/c1-2-3-12-26(29(35)32-18-22(31(37)38)21-14-15-27-28(17-21)40-19-39-27)34-25-13-8-7-11-23(25)33-24(30(34)36)16-20-9-5-4-6-10-20/h4-11,13-15,17,22,26H,2-3,12,16,18-19H2,1H3,(H,32,35)(H,37,38). The van der Waals surface area contributed by atoms with E-state index < -0.39 is 23.8 Å². The molecule has 0 bridgehead atoms. The monoisotopic (exact) mass is 541 g/mol. The van der Waals surface area contributed by atoms with E-state index in [9.17, 15) is 19.5 Å². The molecule has 3 aromatic carbocycles. The zero-order chi connectivity index (χ0) is 28.1. The molecule has 0 saturated heterocycles. The quantitative estimate of drug-likeness (QED) is 0.288. The van der Waals surface area contributed by atoms with Crippen LogP contribution in [-0.2, 0) is 16.0 Å². The van der Waals surface area contributed by atoms with Gasteiger partial charge in [-0.3, -0.25) is 19.0 Å². The number of hydrogen-bond donors (Lipinski definition) is 2. The Balaban J connectivity index is 1.47. The second-order valence-corrected chi connectivity index (χ2v) is 9.79. The van der Waals surface area contributed by atoms with Crippen molar-refractivity contribution in [1.82, 2.24) is 14.9 Å². The summed E-state index contributed by atoms with van der Waals surface area (Å²) < 4.78 is 12.3. The van der Waals surface area contributed by atoms with E-state index in [1.807, 2.05) is 55.5 Å². The molecule has 0 aliphatic carbocycles. The van der Waals surface area contributed by atoms with Crippen LogP contribution < -0.4 is 20.3 Å². The lowest BCUT2D eigenvalue weighted by Crippen LogP contribution is -2.41. The molecule has 2 unspecified atom stereocenters. The maximum Gasteiger partial charge on any atom is 0.312 e. The number of aliphatic carboxylic acids is 1. The lowest BCUT2D eigenvalue weighted by atomic mass is 9.98. The van der Waals surface area contributed by atoms with Crippen LogP contribution in [0.4, 0.5) is 0 Å². The van der Waals surface area contributed by atoms with Gasteiger partial charge in [-0.2, -0.15) is 0 Å². The third kappa shape index (κ3) is 5.68. The van der Waals surface area contributed by atoms with E-state index in [2.05, 4.69) is 10.3 Å². The Bertz CT molecular complexity index is 1580. The van der Waals surface area contributed by atoms with Crippen molar-refractivity contribution in [3.8, 4) is 11.5 Å². The number of ether oxygens (including phenoxy) is 2. The molecular formula is C31H31N3O6. The topological polar surface area (TPSA) is 120 Å². The highest BCUT2D eigenvalue weighted by molar-refractivity contribution is 5.85. The third-order valence-corrected chi connectivity index (χ3v) is 7.10. The molecule has 9 nitrogen and oxygen atoms in total. The molecule has 5 rings (SSSR count). The van der Waals surface area contributed by atoms with Gasteiger partial charge < -0.3 is 19.9 Å². The summed E-state index contributed by atoms with van der Waals surface area (Å²) in [6.07, 6.45) is 2.29. The highest BCUT2D eigenvalue weighted by atomic mass is 16.7. The van der Waals surface area contributed by atoms with E-state index in [1.165, 1.54) is 4.57 Å². The summed E-state index contributed by atoms with van der Waals surface area (Å²) in [6, 6.07) is 21.0. The predicted octanol–water partition coefficient (Wildman–Crippen LogP) is 4.43. The first kappa shape index (κ1) is 26.9. The summed E-state index contributed by atoms with van der Waals surface area (Å²) in [7, 11) is 0. The number of amides is 1. The lowest BCUT2D eigenvalue weighted by molar-refractivity contribution is -0.138. The molecule has 9 heteroatoms. The van der Waals surface area contributed by atoms with Gasteiger partial charge in [-0.15, -0.1) is 0 Å².